The second-order valence-corrected chi connectivity index (χ2v) is 5.01. The molecular formula is C11H22N2. The van der Waals surface area contributed by atoms with E-state index in [9.17, 15) is 0 Å². The first-order valence-corrected chi connectivity index (χ1v) is 5.68. The number of rotatable bonds is 1. The molecule has 2 nitrogen and oxygen atoms in total. The molecule has 0 aromatic heterocycles. The van der Waals surface area contributed by atoms with Gasteiger partial charge >= 0.3 is 0 Å². The fraction of sp³-hybridized carbons (Fsp3) is 1.00. The zero-order valence-electron chi connectivity index (χ0n) is 8.87. The van der Waals surface area contributed by atoms with Crippen molar-refractivity contribution in [3.8, 4) is 0 Å². The van der Waals surface area contributed by atoms with E-state index in [1.54, 1.807) is 0 Å². The van der Waals surface area contributed by atoms with Crippen LogP contribution in [0.2, 0.25) is 0 Å². The monoisotopic (exact) mass is 182 g/mol. The van der Waals surface area contributed by atoms with Crippen molar-refractivity contribution >= 4 is 0 Å². The van der Waals surface area contributed by atoms with E-state index in [-0.39, 0.29) is 0 Å². The summed E-state index contributed by atoms with van der Waals surface area (Å²) in [6.45, 7) is 7.25. The van der Waals surface area contributed by atoms with Gasteiger partial charge in [0.25, 0.3) is 0 Å². The van der Waals surface area contributed by atoms with Crippen molar-refractivity contribution < 1.29 is 0 Å². The molecule has 13 heavy (non-hydrogen) atoms. The number of likely N-dealkylation sites (tertiary alicyclic amines) is 1. The fourth-order valence-electron chi connectivity index (χ4n) is 2.73. The Hall–Kier alpha value is -0.0800. The molecule has 1 saturated heterocycles. The first-order valence-electron chi connectivity index (χ1n) is 5.68. The summed E-state index contributed by atoms with van der Waals surface area (Å²) in [6, 6.07) is 1.35. The molecule has 1 aliphatic carbocycles. The van der Waals surface area contributed by atoms with Crippen LogP contribution in [-0.2, 0) is 0 Å². The summed E-state index contributed by atoms with van der Waals surface area (Å²) >= 11 is 0. The lowest BCUT2D eigenvalue weighted by atomic mass is 9.70. The van der Waals surface area contributed by atoms with Crippen molar-refractivity contribution in [3.05, 3.63) is 0 Å². The van der Waals surface area contributed by atoms with Crippen molar-refractivity contribution in [2.24, 2.45) is 17.6 Å². The predicted octanol–water partition coefficient (Wildman–Crippen LogP) is 1.45. The Morgan fingerprint density at radius 2 is 1.77 bits per heavy atom. The summed E-state index contributed by atoms with van der Waals surface area (Å²) in [5.41, 5.74) is 5.89. The van der Waals surface area contributed by atoms with E-state index in [2.05, 4.69) is 18.7 Å². The maximum Gasteiger partial charge on any atom is 0.0126 e. The molecule has 3 atom stereocenters. The third kappa shape index (κ3) is 1.75. The lowest BCUT2D eigenvalue weighted by Crippen LogP contribution is -2.54. The van der Waals surface area contributed by atoms with Crippen LogP contribution in [0.4, 0.5) is 0 Å². The number of piperidine rings is 1. The van der Waals surface area contributed by atoms with E-state index in [4.69, 9.17) is 5.73 Å². The van der Waals surface area contributed by atoms with Crippen LogP contribution in [-0.4, -0.2) is 30.1 Å². The molecular weight excluding hydrogens is 160 g/mol. The number of hydrogen-bond acceptors (Lipinski definition) is 2. The Morgan fingerprint density at radius 3 is 2.23 bits per heavy atom. The van der Waals surface area contributed by atoms with Crippen molar-refractivity contribution in [3.63, 3.8) is 0 Å². The molecule has 3 unspecified atom stereocenters. The Labute approximate surface area is 81.5 Å². The Kier molecular flexibility index (Phi) is 2.61. The predicted molar refractivity (Wildman–Crippen MR) is 55.5 cm³/mol. The van der Waals surface area contributed by atoms with Gasteiger partial charge in [-0.1, -0.05) is 13.8 Å². The van der Waals surface area contributed by atoms with Gasteiger partial charge < -0.3 is 5.73 Å². The van der Waals surface area contributed by atoms with Gasteiger partial charge in [0.1, 0.15) is 0 Å². The van der Waals surface area contributed by atoms with Gasteiger partial charge in [0.15, 0.2) is 0 Å². The number of nitrogens with two attached hydrogens (primary N) is 1. The molecule has 0 spiro atoms. The van der Waals surface area contributed by atoms with Gasteiger partial charge in [-0.2, -0.15) is 0 Å². The Morgan fingerprint density at radius 1 is 1.15 bits per heavy atom. The standard InChI is InChI=1S/C11H22N2/c1-8-7-11(9(8)2)13-5-3-10(12)4-6-13/h8-11H,3-7,12H2,1-2H3. The van der Waals surface area contributed by atoms with Crippen LogP contribution in [0.5, 0.6) is 0 Å². The van der Waals surface area contributed by atoms with Gasteiger partial charge in [-0.3, -0.25) is 4.90 Å². The SMILES string of the molecule is CC1CC(N2CCC(N)CC2)C1C. The van der Waals surface area contributed by atoms with Crippen molar-refractivity contribution in [1.29, 1.82) is 0 Å². The van der Waals surface area contributed by atoms with Gasteiger partial charge in [-0.15, -0.1) is 0 Å². The number of nitrogens with zero attached hydrogens (tertiary/aromatic N) is 1. The highest BCUT2D eigenvalue weighted by atomic mass is 15.2. The maximum absolute atomic E-state index is 5.89. The minimum atomic E-state index is 0.476. The van der Waals surface area contributed by atoms with Gasteiger partial charge in [0.2, 0.25) is 0 Å². The van der Waals surface area contributed by atoms with E-state index < -0.39 is 0 Å². The molecule has 76 valence electrons. The molecule has 0 amide bonds. The van der Waals surface area contributed by atoms with Crippen molar-refractivity contribution in [2.45, 2.75) is 45.2 Å². The van der Waals surface area contributed by atoms with Crippen LogP contribution in [0.25, 0.3) is 0 Å². The molecule has 1 aliphatic heterocycles. The average molecular weight is 182 g/mol. The van der Waals surface area contributed by atoms with E-state index in [0.717, 1.165) is 17.9 Å². The summed E-state index contributed by atoms with van der Waals surface area (Å²) in [6.07, 6.45) is 3.83. The van der Waals surface area contributed by atoms with Gasteiger partial charge in [-0.05, 0) is 44.2 Å². The van der Waals surface area contributed by atoms with Crippen molar-refractivity contribution in [2.75, 3.05) is 13.1 Å². The second kappa shape index (κ2) is 3.58. The number of hydrogen-bond donors (Lipinski definition) is 1. The molecule has 1 saturated carbocycles. The molecule has 2 rings (SSSR count). The van der Waals surface area contributed by atoms with Crippen LogP contribution < -0.4 is 5.73 Å². The normalized spacial score (nSPS) is 43.2. The topological polar surface area (TPSA) is 29.3 Å². The van der Waals surface area contributed by atoms with E-state index in [0.29, 0.717) is 6.04 Å². The lowest BCUT2D eigenvalue weighted by Gasteiger charge is -2.49. The fourth-order valence-corrected chi connectivity index (χ4v) is 2.73. The molecule has 0 aromatic carbocycles. The van der Waals surface area contributed by atoms with Crippen LogP contribution in [0.15, 0.2) is 0 Å². The quantitative estimate of drug-likeness (QED) is 0.665. The van der Waals surface area contributed by atoms with E-state index >= 15 is 0 Å². The minimum absolute atomic E-state index is 0.476. The zero-order chi connectivity index (χ0) is 9.42. The van der Waals surface area contributed by atoms with Crippen LogP contribution >= 0.6 is 0 Å². The van der Waals surface area contributed by atoms with Gasteiger partial charge in [0, 0.05) is 12.1 Å². The molecule has 2 fully saturated rings. The Balaban J connectivity index is 1.82. The van der Waals surface area contributed by atoms with Gasteiger partial charge in [-0.25, -0.2) is 0 Å². The summed E-state index contributed by atoms with van der Waals surface area (Å²) in [5.74, 6) is 1.86. The second-order valence-electron chi connectivity index (χ2n) is 5.01. The smallest absolute Gasteiger partial charge is 0.0126 e. The molecule has 2 aliphatic rings. The highest BCUT2D eigenvalue weighted by Crippen LogP contribution is 2.38. The Bertz CT molecular complexity index is 173. The van der Waals surface area contributed by atoms with Crippen molar-refractivity contribution in [1.82, 2.24) is 4.90 Å². The zero-order valence-corrected chi connectivity index (χ0v) is 8.87. The third-order valence-corrected chi connectivity index (χ3v) is 4.16. The average Bonchev–Trinajstić information content (AvgIpc) is 2.15. The van der Waals surface area contributed by atoms with Crippen LogP contribution in [0.1, 0.15) is 33.1 Å². The molecule has 0 bridgehead atoms. The van der Waals surface area contributed by atoms with E-state index in [1.807, 2.05) is 0 Å². The van der Waals surface area contributed by atoms with E-state index in [1.165, 1.54) is 32.4 Å². The summed E-state index contributed by atoms with van der Waals surface area (Å²) in [7, 11) is 0. The first-order chi connectivity index (χ1) is 6.18. The minimum Gasteiger partial charge on any atom is -0.328 e. The largest absolute Gasteiger partial charge is 0.328 e. The highest BCUT2D eigenvalue weighted by Gasteiger charge is 2.38. The summed E-state index contributed by atoms with van der Waals surface area (Å²) < 4.78 is 0. The summed E-state index contributed by atoms with van der Waals surface area (Å²) in [5, 5.41) is 0. The van der Waals surface area contributed by atoms with Crippen LogP contribution in [0.3, 0.4) is 0 Å². The van der Waals surface area contributed by atoms with Crippen LogP contribution in [0, 0.1) is 11.8 Å². The maximum atomic E-state index is 5.89. The third-order valence-electron chi connectivity index (χ3n) is 4.16. The molecule has 2 heteroatoms. The molecule has 2 N–H and O–H groups in total. The highest BCUT2D eigenvalue weighted by molar-refractivity contribution is 4.93. The lowest BCUT2D eigenvalue weighted by molar-refractivity contribution is 0.00872. The molecule has 0 radical (unpaired) electrons. The first kappa shape index (κ1) is 9.47. The summed E-state index contributed by atoms with van der Waals surface area (Å²) in [4.78, 5) is 2.66. The van der Waals surface area contributed by atoms with Gasteiger partial charge in [0.05, 0.1) is 0 Å². The molecule has 0 aromatic rings. The molecule has 1 heterocycles.